The van der Waals surface area contributed by atoms with Crippen molar-refractivity contribution >= 4 is 21.8 Å². The van der Waals surface area contributed by atoms with E-state index < -0.39 is 0 Å². The van der Waals surface area contributed by atoms with Gasteiger partial charge in [-0.1, -0.05) is 15.9 Å². The summed E-state index contributed by atoms with van der Waals surface area (Å²) in [4.78, 5) is 13.8. The first-order valence-corrected chi connectivity index (χ1v) is 7.33. The normalized spacial score (nSPS) is 14.7. The van der Waals surface area contributed by atoms with Gasteiger partial charge in [0.2, 0.25) is 0 Å². The highest BCUT2D eigenvalue weighted by Crippen LogP contribution is 2.23. The maximum Gasteiger partial charge on any atom is 0.260 e. The molecule has 1 aliphatic rings. The number of nitrogens with zero attached hydrogens (tertiary/aromatic N) is 1. The highest BCUT2D eigenvalue weighted by atomic mass is 79.9. The molecule has 0 atom stereocenters. The molecule has 0 saturated carbocycles. The number of amides is 1. The fraction of sp³-hybridized carbons (Fsp3) is 0.500. The maximum atomic E-state index is 11.9. The smallest absolute Gasteiger partial charge is 0.260 e. The van der Waals surface area contributed by atoms with Crippen LogP contribution < -0.4 is 10.1 Å². The second kappa shape index (κ2) is 6.91. The van der Waals surface area contributed by atoms with E-state index in [-0.39, 0.29) is 12.5 Å². The summed E-state index contributed by atoms with van der Waals surface area (Å²) in [6.45, 7) is 2.57. The molecule has 1 saturated heterocycles. The van der Waals surface area contributed by atoms with Gasteiger partial charge in [0.25, 0.3) is 5.91 Å². The fourth-order valence-electron chi connectivity index (χ4n) is 2.21. The van der Waals surface area contributed by atoms with Crippen LogP contribution in [0, 0.1) is 0 Å². The molecule has 0 aliphatic carbocycles. The van der Waals surface area contributed by atoms with Gasteiger partial charge < -0.3 is 15.0 Å². The van der Waals surface area contributed by atoms with Gasteiger partial charge in [-0.15, -0.1) is 0 Å². The number of rotatable bonds is 5. The summed E-state index contributed by atoms with van der Waals surface area (Å²) in [5.41, 5.74) is 1.05. The third kappa shape index (κ3) is 3.94. The molecule has 0 bridgehead atoms. The Labute approximate surface area is 122 Å². The maximum absolute atomic E-state index is 11.9. The Kier molecular flexibility index (Phi) is 5.22. The van der Waals surface area contributed by atoms with Crippen LogP contribution in [0.2, 0.25) is 0 Å². The zero-order chi connectivity index (χ0) is 13.7. The molecule has 1 N–H and O–H groups in total. The number of hydrogen-bond donors (Lipinski definition) is 1. The average Bonchev–Trinajstić information content (AvgIpc) is 2.92. The first kappa shape index (κ1) is 14.3. The molecule has 0 radical (unpaired) electrons. The van der Waals surface area contributed by atoms with Crippen molar-refractivity contribution in [2.45, 2.75) is 19.4 Å². The van der Waals surface area contributed by atoms with Crippen molar-refractivity contribution in [2.24, 2.45) is 0 Å². The van der Waals surface area contributed by atoms with Crippen LogP contribution in [0.5, 0.6) is 5.75 Å². The molecule has 1 amide bonds. The third-order valence-corrected chi connectivity index (χ3v) is 3.69. The molecule has 1 fully saturated rings. The van der Waals surface area contributed by atoms with Crippen LogP contribution in [-0.2, 0) is 11.3 Å². The van der Waals surface area contributed by atoms with E-state index in [4.69, 9.17) is 4.74 Å². The Hall–Kier alpha value is -1.07. The molecule has 1 aromatic rings. The average molecular weight is 327 g/mol. The molecule has 0 spiro atoms. The lowest BCUT2D eigenvalue weighted by Gasteiger charge is -2.17. The summed E-state index contributed by atoms with van der Waals surface area (Å²) >= 11 is 3.44. The van der Waals surface area contributed by atoms with Crippen molar-refractivity contribution < 1.29 is 9.53 Å². The second-order valence-electron chi connectivity index (χ2n) is 4.66. The first-order valence-electron chi connectivity index (χ1n) is 6.54. The van der Waals surface area contributed by atoms with Crippen LogP contribution in [0.1, 0.15) is 18.4 Å². The summed E-state index contributed by atoms with van der Waals surface area (Å²) < 4.78 is 6.68. The molecule has 1 heterocycles. The number of ether oxygens (including phenoxy) is 1. The van der Waals surface area contributed by atoms with Gasteiger partial charge in [-0.3, -0.25) is 4.79 Å². The summed E-state index contributed by atoms with van der Waals surface area (Å²) in [7, 11) is 1.89. The number of halogens is 1. The number of carbonyl (C=O) groups excluding carboxylic acids is 1. The summed E-state index contributed by atoms with van der Waals surface area (Å²) in [5, 5.41) is 3.10. The van der Waals surface area contributed by atoms with Gasteiger partial charge in [0.1, 0.15) is 5.75 Å². The Morgan fingerprint density at radius 2 is 2.16 bits per heavy atom. The fourth-order valence-corrected chi connectivity index (χ4v) is 2.62. The van der Waals surface area contributed by atoms with Crippen molar-refractivity contribution in [1.82, 2.24) is 10.2 Å². The van der Waals surface area contributed by atoms with E-state index in [2.05, 4.69) is 21.2 Å². The van der Waals surface area contributed by atoms with E-state index in [0.29, 0.717) is 6.54 Å². The van der Waals surface area contributed by atoms with Crippen molar-refractivity contribution in [1.29, 1.82) is 0 Å². The van der Waals surface area contributed by atoms with Gasteiger partial charge in [-0.2, -0.15) is 0 Å². The van der Waals surface area contributed by atoms with Gasteiger partial charge >= 0.3 is 0 Å². The lowest BCUT2D eigenvalue weighted by atomic mass is 10.2. The van der Waals surface area contributed by atoms with E-state index in [1.807, 2.05) is 30.1 Å². The third-order valence-electron chi connectivity index (χ3n) is 3.20. The molecule has 104 valence electrons. The molecule has 2 rings (SSSR count). The number of nitrogens with one attached hydrogen (secondary N) is 1. The number of benzene rings is 1. The lowest BCUT2D eigenvalue weighted by Crippen LogP contribution is -2.32. The topological polar surface area (TPSA) is 41.6 Å². The number of hydrogen-bond acceptors (Lipinski definition) is 3. The van der Waals surface area contributed by atoms with Gasteiger partial charge in [0.05, 0.1) is 0 Å². The standard InChI is InChI=1S/C14H19BrN2O2/c1-16-9-11-8-12(15)4-5-13(11)19-10-14(18)17-6-2-3-7-17/h4-5,8,16H,2-3,6-7,9-10H2,1H3. The predicted octanol–water partition coefficient (Wildman–Crippen LogP) is 2.17. The van der Waals surface area contributed by atoms with Crippen molar-refractivity contribution in [3.05, 3.63) is 28.2 Å². The minimum Gasteiger partial charge on any atom is -0.483 e. The van der Waals surface area contributed by atoms with Gasteiger partial charge in [-0.05, 0) is 38.1 Å². The van der Waals surface area contributed by atoms with Crippen LogP contribution in [0.25, 0.3) is 0 Å². The van der Waals surface area contributed by atoms with Gasteiger partial charge in [0.15, 0.2) is 6.61 Å². The van der Waals surface area contributed by atoms with Crippen LogP contribution >= 0.6 is 15.9 Å². The largest absolute Gasteiger partial charge is 0.483 e. The zero-order valence-electron chi connectivity index (χ0n) is 11.1. The molecule has 19 heavy (non-hydrogen) atoms. The Morgan fingerprint density at radius 1 is 1.42 bits per heavy atom. The lowest BCUT2D eigenvalue weighted by molar-refractivity contribution is -0.132. The molecule has 4 nitrogen and oxygen atoms in total. The predicted molar refractivity (Wildman–Crippen MR) is 78.2 cm³/mol. The van der Waals surface area contributed by atoms with E-state index in [1.54, 1.807) is 0 Å². The highest BCUT2D eigenvalue weighted by Gasteiger charge is 2.18. The number of carbonyl (C=O) groups is 1. The molecule has 0 unspecified atom stereocenters. The Balaban J connectivity index is 1.96. The van der Waals surface area contributed by atoms with E-state index >= 15 is 0 Å². The Morgan fingerprint density at radius 3 is 2.84 bits per heavy atom. The molecule has 0 aromatic heterocycles. The van der Waals surface area contributed by atoms with Crippen LogP contribution in [0.3, 0.4) is 0 Å². The van der Waals surface area contributed by atoms with E-state index in [1.165, 1.54) is 0 Å². The monoisotopic (exact) mass is 326 g/mol. The molecule has 1 aliphatic heterocycles. The van der Waals surface area contributed by atoms with Crippen LogP contribution in [-0.4, -0.2) is 37.6 Å². The quantitative estimate of drug-likeness (QED) is 0.901. The first-order chi connectivity index (χ1) is 9.20. The number of likely N-dealkylation sites (tertiary alicyclic amines) is 1. The summed E-state index contributed by atoms with van der Waals surface area (Å²) in [5.74, 6) is 0.848. The van der Waals surface area contributed by atoms with Crippen molar-refractivity contribution in [3.63, 3.8) is 0 Å². The van der Waals surface area contributed by atoms with Crippen molar-refractivity contribution in [3.8, 4) is 5.75 Å². The van der Waals surface area contributed by atoms with Gasteiger partial charge in [0, 0.05) is 29.7 Å². The van der Waals surface area contributed by atoms with Crippen molar-refractivity contribution in [2.75, 3.05) is 26.7 Å². The zero-order valence-corrected chi connectivity index (χ0v) is 12.7. The molecule has 1 aromatic carbocycles. The molecule has 5 heteroatoms. The minimum absolute atomic E-state index is 0.0795. The second-order valence-corrected chi connectivity index (χ2v) is 5.57. The van der Waals surface area contributed by atoms with Gasteiger partial charge in [-0.25, -0.2) is 0 Å². The van der Waals surface area contributed by atoms with E-state index in [0.717, 1.165) is 41.7 Å². The minimum atomic E-state index is 0.0795. The van der Waals surface area contributed by atoms with E-state index in [9.17, 15) is 4.79 Å². The summed E-state index contributed by atoms with van der Waals surface area (Å²) in [6.07, 6.45) is 2.21. The Bertz CT molecular complexity index is 445. The molecular formula is C14H19BrN2O2. The van der Waals surface area contributed by atoms with Crippen LogP contribution in [0.4, 0.5) is 0 Å². The van der Waals surface area contributed by atoms with Crippen LogP contribution in [0.15, 0.2) is 22.7 Å². The summed E-state index contributed by atoms with van der Waals surface area (Å²) in [6, 6.07) is 5.83. The highest BCUT2D eigenvalue weighted by molar-refractivity contribution is 9.10. The SMILES string of the molecule is CNCc1cc(Br)ccc1OCC(=O)N1CCCC1. The molecular weight excluding hydrogens is 308 g/mol.